The van der Waals surface area contributed by atoms with Gasteiger partial charge in [-0.1, -0.05) is 52.3 Å². The molecule has 0 bridgehead atoms. The lowest BCUT2D eigenvalue weighted by molar-refractivity contribution is 0.554. The average molecular weight is 332 g/mol. The minimum atomic E-state index is 0.395. The summed E-state index contributed by atoms with van der Waals surface area (Å²) in [5, 5.41) is 0. The number of benzene rings is 2. The lowest BCUT2D eigenvalue weighted by atomic mass is 10.0. The molecule has 0 atom stereocenters. The van der Waals surface area contributed by atoms with Crippen molar-refractivity contribution in [2.45, 2.75) is 0 Å². The van der Waals surface area contributed by atoms with E-state index in [1.54, 1.807) is 6.20 Å². The molecule has 0 fully saturated rings. The van der Waals surface area contributed by atoms with Gasteiger partial charge < -0.3 is 9.40 Å². The highest BCUT2D eigenvalue weighted by atomic mass is 79.9. The molecule has 3 rings (SSSR count). The van der Waals surface area contributed by atoms with E-state index in [1.807, 2.05) is 24.3 Å². The van der Waals surface area contributed by atoms with Crippen molar-refractivity contribution >= 4 is 28.1 Å². The van der Waals surface area contributed by atoms with Crippen molar-refractivity contribution in [2.24, 2.45) is 0 Å². The summed E-state index contributed by atoms with van der Waals surface area (Å²) in [6.07, 6.45) is 1.77. The quantitative estimate of drug-likeness (QED) is 0.634. The number of aromatic nitrogens is 1. The minimum Gasteiger partial charge on any atom is -0.429 e. The lowest BCUT2D eigenvalue weighted by Gasteiger charge is -2.03. The van der Waals surface area contributed by atoms with Crippen molar-refractivity contribution < 1.29 is 4.42 Å². The first-order valence-corrected chi connectivity index (χ1v) is 6.97. The first-order valence-electron chi connectivity index (χ1n) is 5.77. The molecule has 1 N–H and O–H groups in total. The van der Waals surface area contributed by atoms with Crippen molar-refractivity contribution in [1.29, 1.82) is 0 Å². The number of halogens is 1. The van der Waals surface area contributed by atoms with Gasteiger partial charge in [0, 0.05) is 16.2 Å². The second-order valence-corrected chi connectivity index (χ2v) is 5.41. The predicted molar refractivity (Wildman–Crippen MR) is 82.5 cm³/mol. The van der Waals surface area contributed by atoms with E-state index in [2.05, 4.69) is 45.2 Å². The molecule has 0 spiro atoms. The topological polar surface area (TPSA) is 28.9 Å². The molecule has 0 aliphatic rings. The fourth-order valence-electron chi connectivity index (χ4n) is 1.89. The van der Waals surface area contributed by atoms with Gasteiger partial charge in [-0.3, -0.25) is 0 Å². The van der Waals surface area contributed by atoms with Crippen molar-refractivity contribution in [2.75, 3.05) is 0 Å². The highest BCUT2D eigenvalue weighted by molar-refractivity contribution is 9.10. The van der Waals surface area contributed by atoms with E-state index >= 15 is 0 Å². The van der Waals surface area contributed by atoms with Crippen molar-refractivity contribution in [3.8, 4) is 22.5 Å². The zero-order valence-corrected chi connectivity index (χ0v) is 12.3. The molecule has 0 aliphatic carbocycles. The summed E-state index contributed by atoms with van der Waals surface area (Å²) in [5.74, 6) is 0.757. The molecule has 0 amide bonds. The van der Waals surface area contributed by atoms with Crippen molar-refractivity contribution in [3.63, 3.8) is 0 Å². The third-order valence-corrected chi connectivity index (χ3v) is 3.60. The summed E-state index contributed by atoms with van der Waals surface area (Å²) in [4.78, 5) is 3.26. The maximum Gasteiger partial charge on any atom is 0.266 e. The van der Waals surface area contributed by atoms with Gasteiger partial charge in [0.15, 0.2) is 5.76 Å². The molecule has 0 unspecified atom stereocenters. The number of hydrogen-bond acceptors (Lipinski definition) is 2. The number of hydrogen-bond donors (Lipinski definition) is 1. The third-order valence-electron chi connectivity index (χ3n) is 2.87. The average Bonchev–Trinajstić information content (AvgIpc) is 2.87. The van der Waals surface area contributed by atoms with Gasteiger partial charge in [0.25, 0.3) is 4.84 Å². The Kier molecular flexibility index (Phi) is 3.36. The van der Waals surface area contributed by atoms with Crippen LogP contribution in [0.5, 0.6) is 0 Å². The largest absolute Gasteiger partial charge is 0.429 e. The van der Waals surface area contributed by atoms with Crippen LogP contribution in [0.3, 0.4) is 0 Å². The molecule has 4 heteroatoms. The molecule has 1 aromatic heterocycles. The highest BCUT2D eigenvalue weighted by Crippen LogP contribution is 2.25. The number of nitrogens with one attached hydrogen (secondary N) is 1. The molecule has 0 radical (unpaired) electrons. The number of aromatic amines is 1. The molecule has 0 saturated carbocycles. The van der Waals surface area contributed by atoms with E-state index in [4.69, 9.17) is 16.6 Å². The highest BCUT2D eigenvalue weighted by Gasteiger charge is 2.03. The zero-order valence-electron chi connectivity index (χ0n) is 9.89. The first kappa shape index (κ1) is 12.4. The van der Waals surface area contributed by atoms with E-state index in [9.17, 15) is 0 Å². The van der Waals surface area contributed by atoms with Crippen LogP contribution in [-0.2, 0) is 0 Å². The number of H-pyrrole nitrogens is 1. The van der Waals surface area contributed by atoms with Crippen LogP contribution in [0.1, 0.15) is 0 Å². The van der Waals surface area contributed by atoms with Crippen molar-refractivity contribution in [1.82, 2.24) is 4.98 Å². The zero-order chi connectivity index (χ0) is 13.2. The maximum atomic E-state index is 5.38. The van der Waals surface area contributed by atoms with E-state index < -0.39 is 0 Å². The van der Waals surface area contributed by atoms with E-state index in [1.165, 1.54) is 11.1 Å². The summed E-state index contributed by atoms with van der Waals surface area (Å²) in [6.45, 7) is 0. The molecule has 0 saturated heterocycles. The lowest BCUT2D eigenvalue weighted by Crippen LogP contribution is -1.78. The van der Waals surface area contributed by atoms with Crippen LogP contribution < -0.4 is 0 Å². The summed E-state index contributed by atoms with van der Waals surface area (Å²) in [5.41, 5.74) is 3.36. The van der Waals surface area contributed by atoms with Gasteiger partial charge in [0.05, 0.1) is 0 Å². The van der Waals surface area contributed by atoms with Crippen LogP contribution in [-0.4, -0.2) is 4.98 Å². The van der Waals surface area contributed by atoms with Crippen LogP contribution >= 0.6 is 28.1 Å². The normalized spacial score (nSPS) is 10.6. The molecule has 94 valence electrons. The molecule has 2 aromatic carbocycles. The standard InChI is InChI=1S/C15H10BrNOS/c16-13-7-5-11(6-8-13)10-1-3-12(4-2-10)14-9-17-15(19)18-14/h1-9H,(H,17,19). The van der Waals surface area contributed by atoms with Gasteiger partial charge in [-0.15, -0.1) is 0 Å². The number of oxazole rings is 1. The minimum absolute atomic E-state index is 0.395. The Morgan fingerprint density at radius 2 is 1.37 bits per heavy atom. The fourth-order valence-corrected chi connectivity index (χ4v) is 2.31. The van der Waals surface area contributed by atoms with Crippen LogP contribution in [0, 0.1) is 4.84 Å². The third kappa shape index (κ3) is 2.69. The Morgan fingerprint density at radius 1 is 0.842 bits per heavy atom. The van der Waals surface area contributed by atoms with E-state index in [0.717, 1.165) is 15.8 Å². The van der Waals surface area contributed by atoms with Crippen LogP contribution in [0.4, 0.5) is 0 Å². The summed E-state index contributed by atoms with van der Waals surface area (Å²) in [6, 6.07) is 16.4. The van der Waals surface area contributed by atoms with Gasteiger partial charge in [0.2, 0.25) is 0 Å². The monoisotopic (exact) mass is 331 g/mol. The van der Waals surface area contributed by atoms with Gasteiger partial charge >= 0.3 is 0 Å². The SMILES string of the molecule is S=c1[nH]cc(-c2ccc(-c3ccc(Br)cc3)cc2)o1. The van der Waals surface area contributed by atoms with Gasteiger partial charge in [-0.2, -0.15) is 0 Å². The summed E-state index contributed by atoms with van der Waals surface area (Å²) in [7, 11) is 0. The van der Waals surface area contributed by atoms with Crippen LogP contribution in [0.2, 0.25) is 0 Å². The van der Waals surface area contributed by atoms with Gasteiger partial charge in [-0.25, -0.2) is 0 Å². The second-order valence-electron chi connectivity index (χ2n) is 4.13. The van der Waals surface area contributed by atoms with Crippen molar-refractivity contribution in [3.05, 3.63) is 64.0 Å². The van der Waals surface area contributed by atoms with E-state index in [0.29, 0.717) is 4.84 Å². The maximum absolute atomic E-state index is 5.38. The summed E-state index contributed by atoms with van der Waals surface area (Å²) < 4.78 is 6.46. The Labute approximate surface area is 124 Å². The molecule has 2 nitrogen and oxygen atoms in total. The Hall–Kier alpha value is -1.65. The second kappa shape index (κ2) is 5.15. The predicted octanol–water partition coefficient (Wildman–Crippen LogP) is 5.43. The fraction of sp³-hybridized carbons (Fsp3) is 0. The molecule has 0 aliphatic heterocycles. The molecular formula is C15H10BrNOS. The Morgan fingerprint density at radius 3 is 1.89 bits per heavy atom. The van der Waals surface area contributed by atoms with Gasteiger partial charge in [-0.05, 0) is 35.5 Å². The Balaban J connectivity index is 1.94. The molecular weight excluding hydrogens is 322 g/mol. The smallest absolute Gasteiger partial charge is 0.266 e. The van der Waals surface area contributed by atoms with Gasteiger partial charge in [0.1, 0.15) is 0 Å². The molecule has 3 aromatic rings. The Bertz CT molecular complexity index is 741. The first-order chi connectivity index (χ1) is 9.22. The van der Waals surface area contributed by atoms with Crippen LogP contribution in [0.25, 0.3) is 22.5 Å². The molecule has 1 heterocycles. The summed E-state index contributed by atoms with van der Waals surface area (Å²) >= 11 is 8.36. The number of rotatable bonds is 2. The van der Waals surface area contributed by atoms with Crippen LogP contribution in [0.15, 0.2) is 63.6 Å². The molecule has 19 heavy (non-hydrogen) atoms. The van der Waals surface area contributed by atoms with E-state index in [-0.39, 0.29) is 0 Å².